The van der Waals surface area contributed by atoms with Crippen molar-refractivity contribution in [3.05, 3.63) is 23.8 Å². The van der Waals surface area contributed by atoms with E-state index in [4.69, 9.17) is 4.74 Å². The summed E-state index contributed by atoms with van der Waals surface area (Å²) in [6.45, 7) is 5.36. The van der Waals surface area contributed by atoms with E-state index in [0.717, 1.165) is 17.9 Å². The summed E-state index contributed by atoms with van der Waals surface area (Å²) in [5.41, 5.74) is 1.37. The Labute approximate surface area is 103 Å². The Morgan fingerprint density at radius 3 is 2.76 bits per heavy atom. The van der Waals surface area contributed by atoms with E-state index < -0.39 is 0 Å². The molecule has 1 aliphatic carbocycles. The molecule has 1 aliphatic rings. The number of hydrogen-bond acceptors (Lipinski definition) is 3. The van der Waals surface area contributed by atoms with Crippen molar-refractivity contribution in [2.45, 2.75) is 32.7 Å². The van der Waals surface area contributed by atoms with Crippen molar-refractivity contribution >= 4 is 0 Å². The van der Waals surface area contributed by atoms with Gasteiger partial charge in [0, 0.05) is 18.2 Å². The van der Waals surface area contributed by atoms with Crippen LogP contribution in [0.15, 0.2) is 18.2 Å². The predicted molar refractivity (Wildman–Crippen MR) is 68.4 cm³/mol. The van der Waals surface area contributed by atoms with Gasteiger partial charge in [-0.3, -0.25) is 0 Å². The molecule has 3 nitrogen and oxygen atoms in total. The lowest BCUT2D eigenvalue weighted by Crippen LogP contribution is -2.25. The first-order chi connectivity index (χ1) is 8.04. The lowest BCUT2D eigenvalue weighted by molar-refractivity contribution is 0.403. The normalized spacial score (nSPS) is 18.8. The Balaban J connectivity index is 2.03. The second-order valence-electron chi connectivity index (χ2n) is 5.34. The summed E-state index contributed by atoms with van der Waals surface area (Å²) in [5, 5.41) is 13.3. The van der Waals surface area contributed by atoms with Gasteiger partial charge in [-0.05, 0) is 43.4 Å². The monoisotopic (exact) mass is 235 g/mol. The van der Waals surface area contributed by atoms with Crippen molar-refractivity contribution in [2.75, 3.05) is 13.7 Å². The molecule has 0 saturated heterocycles. The molecule has 17 heavy (non-hydrogen) atoms. The standard InChI is InChI=1S/C14H21NO2/c1-10(15-9-14(2)6-7-14)12-8-11(17-3)4-5-13(12)16/h4-5,8,10,15-16H,6-7,9H2,1-3H3. The maximum absolute atomic E-state index is 9.85. The predicted octanol–water partition coefficient (Wildman–Crippen LogP) is 2.85. The van der Waals surface area contributed by atoms with E-state index in [1.807, 2.05) is 6.07 Å². The van der Waals surface area contributed by atoms with Crippen LogP contribution in [0.5, 0.6) is 11.5 Å². The van der Waals surface area contributed by atoms with E-state index in [1.54, 1.807) is 19.2 Å². The van der Waals surface area contributed by atoms with Crippen LogP contribution < -0.4 is 10.1 Å². The highest BCUT2D eigenvalue weighted by Gasteiger charge is 2.37. The first-order valence-electron chi connectivity index (χ1n) is 6.14. The highest BCUT2D eigenvalue weighted by molar-refractivity contribution is 5.41. The molecule has 0 spiro atoms. The Morgan fingerprint density at radius 2 is 2.18 bits per heavy atom. The molecule has 1 aromatic rings. The quantitative estimate of drug-likeness (QED) is 0.824. The van der Waals surface area contributed by atoms with E-state index in [0.29, 0.717) is 11.2 Å². The zero-order valence-electron chi connectivity index (χ0n) is 10.8. The highest BCUT2D eigenvalue weighted by Crippen LogP contribution is 2.44. The van der Waals surface area contributed by atoms with Crippen molar-refractivity contribution in [2.24, 2.45) is 5.41 Å². The molecule has 2 rings (SSSR count). The molecule has 2 N–H and O–H groups in total. The maximum Gasteiger partial charge on any atom is 0.120 e. The molecular formula is C14H21NO2. The van der Waals surface area contributed by atoms with Crippen LogP contribution in [-0.4, -0.2) is 18.8 Å². The molecule has 1 fully saturated rings. The number of nitrogens with one attached hydrogen (secondary N) is 1. The molecule has 1 unspecified atom stereocenters. The van der Waals surface area contributed by atoms with Gasteiger partial charge < -0.3 is 15.2 Å². The van der Waals surface area contributed by atoms with Gasteiger partial charge in [-0.2, -0.15) is 0 Å². The van der Waals surface area contributed by atoms with Gasteiger partial charge in [-0.1, -0.05) is 6.92 Å². The number of rotatable bonds is 5. The number of aromatic hydroxyl groups is 1. The Hall–Kier alpha value is -1.22. The first-order valence-corrected chi connectivity index (χ1v) is 6.14. The molecule has 1 aromatic carbocycles. The van der Waals surface area contributed by atoms with Gasteiger partial charge in [0.1, 0.15) is 11.5 Å². The van der Waals surface area contributed by atoms with Crippen molar-refractivity contribution in [3.8, 4) is 11.5 Å². The minimum atomic E-state index is 0.141. The third kappa shape index (κ3) is 2.91. The lowest BCUT2D eigenvalue weighted by Gasteiger charge is -2.19. The first kappa shape index (κ1) is 12.2. The van der Waals surface area contributed by atoms with E-state index in [1.165, 1.54) is 12.8 Å². The second kappa shape index (κ2) is 4.57. The third-order valence-corrected chi connectivity index (χ3v) is 3.64. The fourth-order valence-corrected chi connectivity index (χ4v) is 1.91. The summed E-state index contributed by atoms with van der Waals surface area (Å²) < 4.78 is 5.18. The van der Waals surface area contributed by atoms with Gasteiger partial charge >= 0.3 is 0 Å². The van der Waals surface area contributed by atoms with Crippen molar-refractivity contribution in [1.29, 1.82) is 0 Å². The zero-order valence-corrected chi connectivity index (χ0v) is 10.8. The van der Waals surface area contributed by atoms with Gasteiger partial charge in [0.05, 0.1) is 7.11 Å². The smallest absolute Gasteiger partial charge is 0.120 e. The van der Waals surface area contributed by atoms with Crippen molar-refractivity contribution < 1.29 is 9.84 Å². The summed E-state index contributed by atoms with van der Waals surface area (Å²) in [6.07, 6.45) is 2.60. The minimum absolute atomic E-state index is 0.141. The Bertz CT molecular complexity index is 399. The third-order valence-electron chi connectivity index (χ3n) is 3.64. The molecule has 0 radical (unpaired) electrons. The topological polar surface area (TPSA) is 41.5 Å². The molecule has 0 amide bonds. The maximum atomic E-state index is 9.85. The number of phenols is 1. The largest absolute Gasteiger partial charge is 0.508 e. The summed E-state index contributed by atoms with van der Waals surface area (Å²) in [6, 6.07) is 5.49. The zero-order chi connectivity index (χ0) is 12.5. The summed E-state index contributed by atoms with van der Waals surface area (Å²) in [5.74, 6) is 1.11. The van der Waals surface area contributed by atoms with E-state index in [2.05, 4.69) is 19.2 Å². The Morgan fingerprint density at radius 1 is 1.47 bits per heavy atom. The van der Waals surface area contributed by atoms with E-state index in [-0.39, 0.29) is 6.04 Å². The molecule has 0 heterocycles. The fraction of sp³-hybridized carbons (Fsp3) is 0.571. The van der Waals surface area contributed by atoms with Crippen LogP contribution in [0.2, 0.25) is 0 Å². The van der Waals surface area contributed by atoms with Crippen molar-refractivity contribution in [3.63, 3.8) is 0 Å². The number of phenolic OH excluding ortho intramolecular Hbond substituents is 1. The van der Waals surface area contributed by atoms with Crippen LogP contribution >= 0.6 is 0 Å². The number of benzene rings is 1. The van der Waals surface area contributed by atoms with Crippen LogP contribution in [0, 0.1) is 5.41 Å². The van der Waals surface area contributed by atoms with Gasteiger partial charge in [0.15, 0.2) is 0 Å². The molecule has 0 bridgehead atoms. The molecule has 1 saturated carbocycles. The van der Waals surface area contributed by atoms with Crippen LogP contribution in [0.25, 0.3) is 0 Å². The van der Waals surface area contributed by atoms with Crippen LogP contribution in [0.3, 0.4) is 0 Å². The van der Waals surface area contributed by atoms with Gasteiger partial charge in [0.2, 0.25) is 0 Å². The fourth-order valence-electron chi connectivity index (χ4n) is 1.91. The number of ether oxygens (including phenoxy) is 1. The number of methoxy groups -OCH3 is 1. The van der Waals surface area contributed by atoms with Crippen molar-refractivity contribution in [1.82, 2.24) is 5.32 Å². The van der Waals surface area contributed by atoms with Gasteiger partial charge in [-0.15, -0.1) is 0 Å². The second-order valence-corrected chi connectivity index (χ2v) is 5.34. The molecule has 0 aliphatic heterocycles. The molecule has 0 aromatic heterocycles. The average Bonchev–Trinajstić information content (AvgIpc) is 3.06. The summed E-state index contributed by atoms with van der Waals surface area (Å²) >= 11 is 0. The van der Waals surface area contributed by atoms with E-state index >= 15 is 0 Å². The number of hydrogen-bond donors (Lipinski definition) is 2. The Kier molecular flexibility index (Phi) is 3.29. The SMILES string of the molecule is COc1ccc(O)c(C(C)NCC2(C)CC2)c1. The molecule has 3 heteroatoms. The summed E-state index contributed by atoms with van der Waals surface area (Å²) in [7, 11) is 1.64. The van der Waals surface area contributed by atoms with Crippen LogP contribution in [0.1, 0.15) is 38.3 Å². The van der Waals surface area contributed by atoms with E-state index in [9.17, 15) is 5.11 Å². The average molecular weight is 235 g/mol. The lowest BCUT2D eigenvalue weighted by atomic mass is 10.0. The van der Waals surface area contributed by atoms with Crippen LogP contribution in [0.4, 0.5) is 0 Å². The van der Waals surface area contributed by atoms with Gasteiger partial charge in [-0.25, -0.2) is 0 Å². The molecule has 94 valence electrons. The van der Waals surface area contributed by atoms with Crippen LogP contribution in [-0.2, 0) is 0 Å². The highest BCUT2D eigenvalue weighted by atomic mass is 16.5. The minimum Gasteiger partial charge on any atom is -0.508 e. The summed E-state index contributed by atoms with van der Waals surface area (Å²) in [4.78, 5) is 0. The van der Waals surface area contributed by atoms with Gasteiger partial charge in [0.25, 0.3) is 0 Å². The molecule has 1 atom stereocenters. The molecular weight excluding hydrogens is 214 g/mol.